The van der Waals surface area contributed by atoms with Crippen LogP contribution in [-0.2, 0) is 10.2 Å². The summed E-state index contributed by atoms with van der Waals surface area (Å²) in [7, 11) is 0.274. The van der Waals surface area contributed by atoms with Crippen LogP contribution in [-0.4, -0.2) is 56.8 Å². The fourth-order valence-corrected chi connectivity index (χ4v) is 3.20. The zero-order chi connectivity index (χ0) is 11.5. The Kier molecular flexibility index (Phi) is 6.81. The van der Waals surface area contributed by atoms with Crippen LogP contribution in [0.3, 0.4) is 0 Å². The largest absolute Gasteiger partial charge is 0.316 e. The molecule has 1 atom stereocenters. The molecule has 1 fully saturated rings. The molecule has 0 aromatic carbocycles. The Hall–Kier alpha value is 0.120. The van der Waals surface area contributed by atoms with Crippen LogP contribution in [0.15, 0.2) is 0 Å². The first-order valence-corrected chi connectivity index (χ1v) is 6.80. The van der Waals surface area contributed by atoms with Gasteiger partial charge in [-0.3, -0.25) is 0 Å². The standard InChI is InChI=1S/C9H21N3O2S.ClH/c1-4-11(3)15(13,14)12-7-5-6-9(8-12)10-2;/h9-10H,4-8H2,1-3H3;1H. The molecule has 0 aromatic heterocycles. The summed E-state index contributed by atoms with van der Waals surface area (Å²) in [6.45, 7) is 3.59. The molecular formula is C9H22ClN3O2S. The van der Waals surface area contributed by atoms with Crippen LogP contribution in [0.4, 0.5) is 0 Å². The molecule has 98 valence electrons. The first-order chi connectivity index (χ1) is 7.02. The van der Waals surface area contributed by atoms with Gasteiger partial charge in [-0.25, -0.2) is 0 Å². The number of hydrogen-bond acceptors (Lipinski definition) is 3. The van der Waals surface area contributed by atoms with Crippen molar-refractivity contribution in [1.29, 1.82) is 0 Å². The predicted octanol–water partition coefficient (Wildman–Crippen LogP) is 0.288. The van der Waals surface area contributed by atoms with E-state index in [0.29, 0.717) is 25.7 Å². The highest BCUT2D eigenvalue weighted by atomic mass is 35.5. The van der Waals surface area contributed by atoms with E-state index in [2.05, 4.69) is 5.32 Å². The fraction of sp³-hybridized carbons (Fsp3) is 1.00. The van der Waals surface area contributed by atoms with Crippen molar-refractivity contribution in [2.45, 2.75) is 25.8 Å². The van der Waals surface area contributed by atoms with Gasteiger partial charge in [0.05, 0.1) is 0 Å². The average molecular weight is 272 g/mol. The molecule has 0 saturated carbocycles. The van der Waals surface area contributed by atoms with Crippen LogP contribution in [0, 0.1) is 0 Å². The van der Waals surface area contributed by atoms with Crippen LogP contribution < -0.4 is 5.32 Å². The number of piperidine rings is 1. The molecule has 0 aliphatic carbocycles. The van der Waals surface area contributed by atoms with Gasteiger partial charge in [0.15, 0.2) is 0 Å². The van der Waals surface area contributed by atoms with E-state index < -0.39 is 10.2 Å². The van der Waals surface area contributed by atoms with E-state index in [1.807, 2.05) is 14.0 Å². The Labute approximate surface area is 105 Å². The van der Waals surface area contributed by atoms with Gasteiger partial charge >= 0.3 is 0 Å². The number of likely N-dealkylation sites (N-methyl/N-ethyl adjacent to an activating group) is 1. The maximum absolute atomic E-state index is 12.0. The fourth-order valence-electron chi connectivity index (χ4n) is 1.75. The summed E-state index contributed by atoms with van der Waals surface area (Å²) in [5.74, 6) is 0. The normalized spacial score (nSPS) is 23.1. The summed E-state index contributed by atoms with van der Waals surface area (Å²) in [5, 5.41) is 3.14. The molecule has 0 spiro atoms. The molecule has 0 amide bonds. The smallest absolute Gasteiger partial charge is 0.281 e. The minimum absolute atomic E-state index is 0. The highest BCUT2D eigenvalue weighted by Gasteiger charge is 2.30. The molecule has 1 aliphatic heterocycles. The minimum atomic E-state index is -3.23. The van der Waals surface area contributed by atoms with Gasteiger partial charge in [-0.2, -0.15) is 17.0 Å². The van der Waals surface area contributed by atoms with Gasteiger partial charge < -0.3 is 5.32 Å². The highest BCUT2D eigenvalue weighted by Crippen LogP contribution is 2.15. The number of nitrogens with one attached hydrogen (secondary N) is 1. The molecule has 1 aliphatic rings. The van der Waals surface area contributed by atoms with Crippen LogP contribution in [0.25, 0.3) is 0 Å². The van der Waals surface area contributed by atoms with E-state index >= 15 is 0 Å². The van der Waals surface area contributed by atoms with Gasteiger partial charge in [-0.15, -0.1) is 12.4 Å². The highest BCUT2D eigenvalue weighted by molar-refractivity contribution is 7.86. The molecule has 1 N–H and O–H groups in total. The molecule has 1 rings (SSSR count). The molecule has 1 heterocycles. The van der Waals surface area contributed by atoms with E-state index in [1.165, 1.54) is 4.31 Å². The first-order valence-electron chi connectivity index (χ1n) is 5.41. The van der Waals surface area contributed by atoms with Crippen molar-refractivity contribution in [3.8, 4) is 0 Å². The molecule has 1 unspecified atom stereocenters. The Morgan fingerprint density at radius 3 is 2.62 bits per heavy atom. The lowest BCUT2D eigenvalue weighted by molar-refractivity contribution is 0.276. The number of hydrogen-bond donors (Lipinski definition) is 1. The van der Waals surface area contributed by atoms with Crippen LogP contribution in [0.5, 0.6) is 0 Å². The molecule has 0 bridgehead atoms. The first kappa shape index (κ1) is 16.1. The summed E-state index contributed by atoms with van der Waals surface area (Å²) in [4.78, 5) is 0. The average Bonchev–Trinajstić information content (AvgIpc) is 2.27. The van der Waals surface area contributed by atoms with Crippen LogP contribution in [0.2, 0.25) is 0 Å². The third-order valence-corrected chi connectivity index (χ3v) is 4.99. The van der Waals surface area contributed by atoms with Gasteiger partial charge in [-0.05, 0) is 19.9 Å². The number of rotatable bonds is 4. The quantitative estimate of drug-likeness (QED) is 0.800. The molecule has 1 saturated heterocycles. The number of nitrogens with zero attached hydrogens (tertiary/aromatic N) is 2. The summed E-state index contributed by atoms with van der Waals surface area (Å²) in [6, 6.07) is 0.291. The van der Waals surface area contributed by atoms with Crippen molar-refractivity contribution in [2.24, 2.45) is 0 Å². The van der Waals surface area contributed by atoms with E-state index in [0.717, 1.165) is 12.8 Å². The molecular weight excluding hydrogens is 250 g/mol. The van der Waals surface area contributed by atoms with E-state index in [1.54, 1.807) is 11.4 Å². The lowest BCUT2D eigenvalue weighted by Gasteiger charge is -2.33. The van der Waals surface area contributed by atoms with Crippen molar-refractivity contribution in [3.63, 3.8) is 0 Å². The lowest BCUT2D eigenvalue weighted by atomic mass is 10.1. The van der Waals surface area contributed by atoms with Gasteiger partial charge in [0.2, 0.25) is 0 Å². The molecule has 0 radical (unpaired) electrons. The second-order valence-corrected chi connectivity index (χ2v) is 5.94. The second kappa shape index (κ2) is 6.76. The van der Waals surface area contributed by atoms with Crippen molar-refractivity contribution < 1.29 is 8.42 Å². The summed E-state index contributed by atoms with van der Waals surface area (Å²) in [5.41, 5.74) is 0. The lowest BCUT2D eigenvalue weighted by Crippen LogP contribution is -2.50. The Morgan fingerprint density at radius 2 is 2.12 bits per heavy atom. The van der Waals surface area contributed by atoms with Gasteiger partial charge in [0.1, 0.15) is 0 Å². The molecule has 7 heteroatoms. The van der Waals surface area contributed by atoms with Gasteiger partial charge in [0, 0.05) is 32.7 Å². The minimum Gasteiger partial charge on any atom is -0.316 e. The maximum Gasteiger partial charge on any atom is 0.281 e. The van der Waals surface area contributed by atoms with Gasteiger partial charge in [0.25, 0.3) is 10.2 Å². The van der Waals surface area contributed by atoms with Crippen LogP contribution >= 0.6 is 12.4 Å². The van der Waals surface area contributed by atoms with E-state index in [4.69, 9.17) is 0 Å². The summed E-state index contributed by atoms with van der Waals surface area (Å²) in [6.07, 6.45) is 1.99. The molecule has 0 aromatic rings. The predicted molar refractivity (Wildman–Crippen MR) is 68.1 cm³/mol. The maximum atomic E-state index is 12.0. The number of halogens is 1. The Bertz CT molecular complexity index is 297. The SMILES string of the molecule is CCN(C)S(=O)(=O)N1CCCC(NC)C1.Cl. The molecule has 5 nitrogen and oxygen atoms in total. The summed E-state index contributed by atoms with van der Waals surface area (Å²) >= 11 is 0. The zero-order valence-corrected chi connectivity index (χ0v) is 11.8. The monoisotopic (exact) mass is 271 g/mol. The zero-order valence-electron chi connectivity index (χ0n) is 10.1. The summed E-state index contributed by atoms with van der Waals surface area (Å²) < 4.78 is 27.0. The van der Waals surface area contributed by atoms with Crippen LogP contribution in [0.1, 0.15) is 19.8 Å². The third kappa shape index (κ3) is 3.56. The Balaban J connectivity index is 0.00000225. The molecule has 16 heavy (non-hydrogen) atoms. The van der Waals surface area contributed by atoms with Crippen molar-refractivity contribution >= 4 is 22.6 Å². The van der Waals surface area contributed by atoms with Crippen molar-refractivity contribution in [3.05, 3.63) is 0 Å². The van der Waals surface area contributed by atoms with Crippen molar-refractivity contribution in [2.75, 3.05) is 33.7 Å². The topological polar surface area (TPSA) is 52.7 Å². The van der Waals surface area contributed by atoms with Crippen molar-refractivity contribution in [1.82, 2.24) is 13.9 Å². The Morgan fingerprint density at radius 1 is 1.50 bits per heavy atom. The van der Waals surface area contributed by atoms with E-state index in [-0.39, 0.29) is 12.4 Å². The third-order valence-electron chi connectivity index (χ3n) is 2.96. The van der Waals surface area contributed by atoms with Gasteiger partial charge in [-0.1, -0.05) is 6.92 Å². The second-order valence-electron chi connectivity index (χ2n) is 3.91. The van der Waals surface area contributed by atoms with E-state index in [9.17, 15) is 8.42 Å².